The van der Waals surface area contributed by atoms with Gasteiger partial charge >= 0.3 is 0 Å². The standard InChI is InChI=1S/C23H26ClNO5/c1-27-22-7-4-17(16-23(22)28-2)20(26)6-3-18-15-19(24)5-8-21(18)30-14-11-25-9-12-29-13-10-25/h3-8,15-16H,9-14H2,1-2H3/b6-3+. The second-order valence-corrected chi connectivity index (χ2v) is 7.19. The Bertz CT molecular complexity index is 893. The molecule has 0 amide bonds. The van der Waals surface area contributed by atoms with Crippen LogP contribution in [0.15, 0.2) is 42.5 Å². The Morgan fingerprint density at radius 3 is 2.53 bits per heavy atom. The molecule has 2 aromatic carbocycles. The minimum Gasteiger partial charge on any atom is -0.493 e. The van der Waals surface area contributed by atoms with Crippen molar-refractivity contribution in [2.75, 3.05) is 53.7 Å². The van der Waals surface area contributed by atoms with E-state index in [1.165, 1.54) is 13.2 Å². The molecule has 0 bridgehead atoms. The maximum atomic E-state index is 12.6. The van der Waals surface area contributed by atoms with Gasteiger partial charge in [0.05, 0.1) is 27.4 Å². The van der Waals surface area contributed by atoms with Crippen LogP contribution in [0, 0.1) is 0 Å². The molecule has 0 spiro atoms. The molecule has 7 heteroatoms. The Kier molecular flexibility index (Phi) is 8.13. The topological polar surface area (TPSA) is 57.2 Å². The number of carbonyl (C=O) groups excluding carboxylic acids is 1. The number of hydrogen-bond acceptors (Lipinski definition) is 6. The summed E-state index contributed by atoms with van der Waals surface area (Å²) in [7, 11) is 3.09. The van der Waals surface area contributed by atoms with E-state index in [1.54, 1.807) is 43.5 Å². The fraction of sp³-hybridized carbons (Fsp3) is 0.348. The highest BCUT2D eigenvalue weighted by Crippen LogP contribution is 2.28. The molecule has 1 aliphatic rings. The summed E-state index contributed by atoms with van der Waals surface area (Å²) in [6.07, 6.45) is 3.22. The smallest absolute Gasteiger partial charge is 0.185 e. The van der Waals surface area contributed by atoms with Crippen molar-refractivity contribution < 1.29 is 23.7 Å². The van der Waals surface area contributed by atoms with Gasteiger partial charge < -0.3 is 18.9 Å². The molecule has 0 aromatic heterocycles. The third-order valence-corrected chi connectivity index (χ3v) is 5.06. The van der Waals surface area contributed by atoms with Crippen molar-refractivity contribution in [3.63, 3.8) is 0 Å². The summed E-state index contributed by atoms with van der Waals surface area (Å²) < 4.78 is 21.8. The van der Waals surface area contributed by atoms with Gasteiger partial charge in [0.15, 0.2) is 17.3 Å². The van der Waals surface area contributed by atoms with Gasteiger partial charge in [-0.05, 0) is 48.6 Å². The lowest BCUT2D eigenvalue weighted by molar-refractivity contribution is 0.0322. The van der Waals surface area contributed by atoms with Crippen LogP contribution in [0.2, 0.25) is 5.02 Å². The Hall–Kier alpha value is -2.54. The Balaban J connectivity index is 1.68. The highest BCUT2D eigenvalue weighted by atomic mass is 35.5. The Labute approximate surface area is 181 Å². The number of carbonyl (C=O) groups is 1. The largest absolute Gasteiger partial charge is 0.493 e. The SMILES string of the molecule is COc1ccc(C(=O)/C=C/c2cc(Cl)ccc2OCCN2CCOCC2)cc1OC. The molecule has 6 nitrogen and oxygen atoms in total. The number of nitrogens with zero attached hydrogens (tertiary/aromatic N) is 1. The molecule has 0 radical (unpaired) electrons. The van der Waals surface area contributed by atoms with Crippen molar-refractivity contribution >= 4 is 23.5 Å². The zero-order chi connectivity index (χ0) is 21.3. The lowest BCUT2D eigenvalue weighted by Gasteiger charge is -2.26. The second kappa shape index (κ2) is 11.0. The van der Waals surface area contributed by atoms with Crippen molar-refractivity contribution in [2.24, 2.45) is 0 Å². The molecule has 0 unspecified atom stereocenters. The summed E-state index contributed by atoms with van der Waals surface area (Å²) >= 11 is 6.15. The number of methoxy groups -OCH3 is 2. The van der Waals surface area contributed by atoms with E-state index in [0.29, 0.717) is 34.4 Å². The highest BCUT2D eigenvalue weighted by molar-refractivity contribution is 6.30. The van der Waals surface area contributed by atoms with Gasteiger partial charge in [0.2, 0.25) is 0 Å². The van der Waals surface area contributed by atoms with E-state index < -0.39 is 0 Å². The number of halogens is 1. The number of morpholine rings is 1. The van der Waals surface area contributed by atoms with Crippen LogP contribution >= 0.6 is 11.6 Å². The van der Waals surface area contributed by atoms with Crippen LogP contribution in [-0.2, 0) is 4.74 Å². The van der Waals surface area contributed by atoms with E-state index in [2.05, 4.69) is 4.90 Å². The zero-order valence-electron chi connectivity index (χ0n) is 17.2. The molecule has 0 atom stereocenters. The third-order valence-electron chi connectivity index (χ3n) is 4.82. The molecule has 0 N–H and O–H groups in total. The van der Waals surface area contributed by atoms with Gasteiger partial charge in [0.1, 0.15) is 12.4 Å². The monoisotopic (exact) mass is 431 g/mol. The van der Waals surface area contributed by atoms with E-state index in [1.807, 2.05) is 6.07 Å². The first kappa shape index (κ1) is 22.2. The van der Waals surface area contributed by atoms with E-state index in [-0.39, 0.29) is 5.78 Å². The maximum absolute atomic E-state index is 12.6. The number of ketones is 1. The van der Waals surface area contributed by atoms with Gasteiger partial charge in [-0.2, -0.15) is 0 Å². The average molecular weight is 432 g/mol. The third kappa shape index (κ3) is 5.98. The molecule has 2 aromatic rings. The molecule has 160 valence electrons. The van der Waals surface area contributed by atoms with Crippen LogP contribution in [0.25, 0.3) is 6.08 Å². The molecule has 0 saturated carbocycles. The molecule has 1 fully saturated rings. The van der Waals surface area contributed by atoms with E-state index in [0.717, 1.165) is 38.4 Å². The lowest BCUT2D eigenvalue weighted by Crippen LogP contribution is -2.38. The number of allylic oxidation sites excluding steroid dienone is 1. The van der Waals surface area contributed by atoms with Gasteiger partial charge in [-0.3, -0.25) is 9.69 Å². The van der Waals surface area contributed by atoms with Gasteiger partial charge in [0.25, 0.3) is 0 Å². The van der Waals surface area contributed by atoms with Crippen molar-refractivity contribution in [3.8, 4) is 17.2 Å². The summed E-state index contributed by atoms with van der Waals surface area (Å²) in [4.78, 5) is 14.9. The minimum atomic E-state index is -0.157. The van der Waals surface area contributed by atoms with Crippen LogP contribution < -0.4 is 14.2 Å². The quantitative estimate of drug-likeness (QED) is 0.442. The number of hydrogen-bond donors (Lipinski definition) is 0. The van der Waals surface area contributed by atoms with E-state index in [4.69, 9.17) is 30.5 Å². The van der Waals surface area contributed by atoms with Crippen LogP contribution in [0.3, 0.4) is 0 Å². The van der Waals surface area contributed by atoms with Crippen molar-refractivity contribution in [1.82, 2.24) is 4.90 Å². The van der Waals surface area contributed by atoms with Gasteiger partial charge in [-0.25, -0.2) is 0 Å². The fourth-order valence-corrected chi connectivity index (χ4v) is 3.32. The normalized spacial score (nSPS) is 14.6. The number of benzene rings is 2. The lowest BCUT2D eigenvalue weighted by atomic mass is 10.1. The molecule has 1 saturated heterocycles. The van der Waals surface area contributed by atoms with Gasteiger partial charge in [0, 0.05) is 35.8 Å². The zero-order valence-corrected chi connectivity index (χ0v) is 18.0. The molecule has 1 aliphatic heterocycles. The average Bonchev–Trinajstić information content (AvgIpc) is 2.78. The predicted octanol–water partition coefficient (Wildman–Crippen LogP) is 3.96. The molecule has 0 aliphatic carbocycles. The van der Waals surface area contributed by atoms with Crippen LogP contribution in [0.5, 0.6) is 17.2 Å². The van der Waals surface area contributed by atoms with E-state index in [9.17, 15) is 4.79 Å². The van der Waals surface area contributed by atoms with E-state index >= 15 is 0 Å². The Morgan fingerprint density at radius 1 is 1.07 bits per heavy atom. The van der Waals surface area contributed by atoms with Crippen LogP contribution in [0.4, 0.5) is 0 Å². The summed E-state index contributed by atoms with van der Waals surface area (Å²) in [6, 6.07) is 10.4. The predicted molar refractivity (Wildman–Crippen MR) is 117 cm³/mol. The summed E-state index contributed by atoms with van der Waals surface area (Å²) in [6.45, 7) is 4.71. The van der Waals surface area contributed by atoms with Crippen LogP contribution in [-0.4, -0.2) is 64.4 Å². The minimum absolute atomic E-state index is 0.157. The number of rotatable bonds is 9. The fourth-order valence-electron chi connectivity index (χ4n) is 3.14. The molecule has 1 heterocycles. The van der Waals surface area contributed by atoms with Crippen molar-refractivity contribution in [3.05, 3.63) is 58.6 Å². The van der Waals surface area contributed by atoms with Gasteiger partial charge in [-0.1, -0.05) is 11.6 Å². The first-order chi connectivity index (χ1) is 14.6. The molecule has 3 rings (SSSR count). The molecule has 30 heavy (non-hydrogen) atoms. The second-order valence-electron chi connectivity index (χ2n) is 6.75. The van der Waals surface area contributed by atoms with Crippen LogP contribution in [0.1, 0.15) is 15.9 Å². The number of ether oxygens (including phenoxy) is 4. The first-order valence-corrected chi connectivity index (χ1v) is 10.2. The van der Waals surface area contributed by atoms with Gasteiger partial charge in [-0.15, -0.1) is 0 Å². The first-order valence-electron chi connectivity index (χ1n) is 9.77. The maximum Gasteiger partial charge on any atom is 0.185 e. The highest BCUT2D eigenvalue weighted by Gasteiger charge is 2.12. The Morgan fingerprint density at radius 2 is 1.80 bits per heavy atom. The summed E-state index contributed by atoms with van der Waals surface area (Å²) in [5.41, 5.74) is 1.25. The van der Waals surface area contributed by atoms with Crippen molar-refractivity contribution in [2.45, 2.75) is 0 Å². The summed E-state index contributed by atoms with van der Waals surface area (Å²) in [5.74, 6) is 1.61. The molecular weight excluding hydrogens is 406 g/mol. The summed E-state index contributed by atoms with van der Waals surface area (Å²) in [5, 5.41) is 0.578. The molecular formula is C23H26ClNO5. The van der Waals surface area contributed by atoms with Crippen molar-refractivity contribution in [1.29, 1.82) is 0 Å².